The van der Waals surface area contributed by atoms with Crippen molar-refractivity contribution in [3.8, 4) is 0 Å². The van der Waals surface area contributed by atoms with Crippen LogP contribution in [0.25, 0.3) is 0 Å². The van der Waals surface area contributed by atoms with Crippen LogP contribution in [0.2, 0.25) is 0 Å². The lowest BCUT2D eigenvalue weighted by molar-refractivity contribution is -0.145. The Bertz CT molecular complexity index is 638. The van der Waals surface area contributed by atoms with Crippen LogP contribution in [0.1, 0.15) is 43.7 Å². The molecule has 3 amide bonds. The van der Waals surface area contributed by atoms with Gasteiger partial charge in [-0.2, -0.15) is 0 Å². The van der Waals surface area contributed by atoms with E-state index < -0.39 is 17.4 Å². The lowest BCUT2D eigenvalue weighted by Gasteiger charge is -2.22. The van der Waals surface area contributed by atoms with Gasteiger partial charge in [0.2, 0.25) is 17.7 Å². The molecule has 1 spiro atoms. The van der Waals surface area contributed by atoms with Gasteiger partial charge in [-0.05, 0) is 18.4 Å². The standard InChI is InChI=1S/C18H22N2O4/c21-12-14(13-6-2-1-3-7-13)19-15(22)11-20-16(23)10-18(17(20)24)8-4-5-9-18/h1-3,6-7,14,21H,4-5,8-12H2,(H,19,22)/t14-/m1/s1. The number of hydrogen-bond donors (Lipinski definition) is 2. The van der Waals surface area contributed by atoms with Crippen LogP contribution in [0.5, 0.6) is 0 Å². The third-order valence-corrected chi connectivity index (χ3v) is 5.07. The minimum Gasteiger partial charge on any atom is -0.394 e. The molecule has 0 aromatic heterocycles. The molecule has 1 aliphatic heterocycles. The molecule has 128 valence electrons. The Kier molecular flexibility index (Phi) is 4.66. The van der Waals surface area contributed by atoms with Crippen LogP contribution in [0.3, 0.4) is 0 Å². The minimum atomic E-state index is -0.562. The molecule has 6 nitrogen and oxygen atoms in total. The number of benzene rings is 1. The maximum atomic E-state index is 12.6. The zero-order valence-corrected chi connectivity index (χ0v) is 13.5. The Balaban J connectivity index is 1.64. The topological polar surface area (TPSA) is 86.7 Å². The number of likely N-dealkylation sites (tertiary alicyclic amines) is 1. The zero-order valence-electron chi connectivity index (χ0n) is 13.5. The van der Waals surface area contributed by atoms with Crippen LogP contribution in [-0.4, -0.2) is 40.9 Å². The third kappa shape index (κ3) is 3.06. The molecule has 2 fully saturated rings. The third-order valence-electron chi connectivity index (χ3n) is 5.07. The molecule has 3 rings (SSSR count). The minimum absolute atomic E-state index is 0.208. The first kappa shape index (κ1) is 16.6. The average molecular weight is 330 g/mol. The van der Waals surface area contributed by atoms with Crippen molar-refractivity contribution in [2.75, 3.05) is 13.2 Å². The van der Waals surface area contributed by atoms with E-state index in [0.717, 1.165) is 36.1 Å². The van der Waals surface area contributed by atoms with Gasteiger partial charge < -0.3 is 10.4 Å². The summed E-state index contributed by atoms with van der Waals surface area (Å²) >= 11 is 0. The molecule has 2 N–H and O–H groups in total. The number of nitrogens with zero attached hydrogens (tertiary/aromatic N) is 1. The van der Waals surface area contributed by atoms with E-state index >= 15 is 0 Å². The van der Waals surface area contributed by atoms with Crippen LogP contribution < -0.4 is 5.32 Å². The second-order valence-corrected chi connectivity index (χ2v) is 6.66. The number of aliphatic hydroxyl groups is 1. The molecule has 0 bridgehead atoms. The number of nitrogens with one attached hydrogen (secondary N) is 1. The number of imide groups is 1. The van der Waals surface area contributed by atoms with Crippen molar-refractivity contribution in [2.45, 2.75) is 38.1 Å². The molecule has 6 heteroatoms. The highest BCUT2D eigenvalue weighted by Crippen LogP contribution is 2.46. The quantitative estimate of drug-likeness (QED) is 0.793. The maximum Gasteiger partial charge on any atom is 0.240 e. The summed E-state index contributed by atoms with van der Waals surface area (Å²) in [6.45, 7) is -0.523. The summed E-state index contributed by atoms with van der Waals surface area (Å²) in [5.41, 5.74) is 0.215. The second kappa shape index (κ2) is 6.73. The summed E-state index contributed by atoms with van der Waals surface area (Å²) in [5.74, 6) is -0.910. The highest BCUT2D eigenvalue weighted by atomic mass is 16.3. The molecule has 1 saturated carbocycles. The van der Waals surface area contributed by atoms with Gasteiger partial charge in [0.05, 0.1) is 18.1 Å². The molecule has 1 atom stereocenters. The van der Waals surface area contributed by atoms with Crippen LogP contribution in [0.4, 0.5) is 0 Å². The lowest BCUT2D eigenvalue weighted by atomic mass is 9.84. The number of amides is 3. The highest BCUT2D eigenvalue weighted by molar-refractivity contribution is 6.08. The van der Waals surface area contributed by atoms with Gasteiger partial charge in [-0.1, -0.05) is 43.2 Å². The largest absolute Gasteiger partial charge is 0.394 e. The first-order valence-electron chi connectivity index (χ1n) is 8.36. The number of carbonyl (C=O) groups excluding carboxylic acids is 3. The van der Waals surface area contributed by atoms with Crippen molar-refractivity contribution in [1.29, 1.82) is 0 Å². The first-order valence-corrected chi connectivity index (χ1v) is 8.36. The average Bonchev–Trinajstić information content (AvgIpc) is 3.15. The van der Waals surface area contributed by atoms with Gasteiger partial charge in [-0.25, -0.2) is 0 Å². The molecule has 24 heavy (non-hydrogen) atoms. The fourth-order valence-electron chi connectivity index (χ4n) is 3.77. The molecule has 0 unspecified atom stereocenters. The first-order chi connectivity index (χ1) is 11.6. The van der Waals surface area contributed by atoms with Gasteiger partial charge in [0.1, 0.15) is 6.54 Å². The van der Waals surface area contributed by atoms with Gasteiger partial charge >= 0.3 is 0 Å². The van der Waals surface area contributed by atoms with Gasteiger partial charge in [0.15, 0.2) is 0 Å². The molecule has 1 aromatic rings. The van der Waals surface area contributed by atoms with E-state index in [1.54, 1.807) is 12.1 Å². The van der Waals surface area contributed by atoms with Crippen molar-refractivity contribution in [3.63, 3.8) is 0 Å². The predicted molar refractivity (Wildman–Crippen MR) is 86.6 cm³/mol. The Morgan fingerprint density at radius 3 is 2.50 bits per heavy atom. The number of hydrogen-bond acceptors (Lipinski definition) is 4. The molecule has 2 aliphatic rings. The van der Waals surface area contributed by atoms with Crippen LogP contribution in [0.15, 0.2) is 30.3 Å². The van der Waals surface area contributed by atoms with Gasteiger partial charge in [0, 0.05) is 6.42 Å². The van der Waals surface area contributed by atoms with Crippen molar-refractivity contribution < 1.29 is 19.5 Å². The molecule has 0 radical (unpaired) electrons. The van der Waals surface area contributed by atoms with Crippen molar-refractivity contribution in [2.24, 2.45) is 5.41 Å². The van der Waals surface area contributed by atoms with Crippen molar-refractivity contribution >= 4 is 17.7 Å². The van der Waals surface area contributed by atoms with Crippen molar-refractivity contribution in [1.82, 2.24) is 10.2 Å². The predicted octanol–water partition coefficient (Wildman–Crippen LogP) is 1.16. The van der Waals surface area contributed by atoms with E-state index in [0.29, 0.717) is 0 Å². The Labute approximate surface area is 140 Å². The Morgan fingerprint density at radius 1 is 1.21 bits per heavy atom. The molecule has 1 saturated heterocycles. The summed E-state index contributed by atoms with van der Waals surface area (Å²) < 4.78 is 0. The lowest BCUT2D eigenvalue weighted by Crippen LogP contribution is -2.43. The zero-order chi connectivity index (χ0) is 17.2. The van der Waals surface area contributed by atoms with E-state index in [4.69, 9.17) is 0 Å². The Hall–Kier alpha value is -2.21. The molecular weight excluding hydrogens is 308 g/mol. The summed E-state index contributed by atoms with van der Waals surface area (Å²) in [6, 6.07) is 8.56. The van der Waals surface area contributed by atoms with Crippen LogP contribution in [-0.2, 0) is 14.4 Å². The van der Waals surface area contributed by atoms with Gasteiger partial charge in [-0.15, -0.1) is 0 Å². The van der Waals surface area contributed by atoms with E-state index in [2.05, 4.69) is 5.32 Å². The fourth-order valence-corrected chi connectivity index (χ4v) is 3.77. The summed E-state index contributed by atoms with van der Waals surface area (Å²) in [7, 11) is 0. The molecule has 1 aromatic carbocycles. The van der Waals surface area contributed by atoms with Crippen molar-refractivity contribution in [3.05, 3.63) is 35.9 Å². The van der Waals surface area contributed by atoms with E-state index in [9.17, 15) is 19.5 Å². The maximum absolute atomic E-state index is 12.6. The molecular formula is C18H22N2O4. The van der Waals surface area contributed by atoms with Gasteiger partial charge in [0.25, 0.3) is 0 Å². The molecule has 1 aliphatic carbocycles. The van der Waals surface area contributed by atoms with Crippen LogP contribution in [0, 0.1) is 5.41 Å². The Morgan fingerprint density at radius 2 is 1.88 bits per heavy atom. The van der Waals surface area contributed by atoms with E-state index in [1.165, 1.54) is 0 Å². The summed E-state index contributed by atoms with van der Waals surface area (Å²) in [4.78, 5) is 38.1. The molecule has 1 heterocycles. The summed E-state index contributed by atoms with van der Waals surface area (Å²) in [5, 5.41) is 12.2. The van der Waals surface area contributed by atoms with Crippen LogP contribution >= 0.6 is 0 Å². The number of rotatable bonds is 5. The number of aliphatic hydroxyl groups excluding tert-OH is 1. The smallest absolute Gasteiger partial charge is 0.240 e. The monoisotopic (exact) mass is 330 g/mol. The SMILES string of the molecule is O=C(CN1C(=O)CC2(CCCC2)C1=O)N[C@H](CO)c1ccccc1. The van der Waals surface area contributed by atoms with E-state index in [1.807, 2.05) is 18.2 Å². The second-order valence-electron chi connectivity index (χ2n) is 6.66. The van der Waals surface area contributed by atoms with E-state index in [-0.39, 0.29) is 31.4 Å². The fraction of sp³-hybridized carbons (Fsp3) is 0.500. The normalized spacial score (nSPS) is 20.6. The summed E-state index contributed by atoms with van der Waals surface area (Å²) in [6.07, 6.45) is 3.61. The van der Waals surface area contributed by atoms with Gasteiger partial charge in [-0.3, -0.25) is 19.3 Å². The number of carbonyl (C=O) groups is 3. The highest BCUT2D eigenvalue weighted by Gasteiger charge is 2.52.